The first kappa shape index (κ1) is 25.6. The van der Waals surface area contributed by atoms with Crippen molar-refractivity contribution in [3.05, 3.63) is 53.2 Å². The summed E-state index contributed by atoms with van der Waals surface area (Å²) in [6.45, 7) is 1.03. The number of amides is 1. The van der Waals surface area contributed by atoms with Crippen LogP contribution >= 0.6 is 0 Å². The quantitative estimate of drug-likeness (QED) is 0.464. The molecule has 3 aromatic rings. The standard InChI is InChI=1S/C22H20F4N6O5S/c1-2-15-20(31-10-18-17(36-12-37-18)8-19(31)29-15)21(33)27-9-13-3-4-16(14(23)7-13)32-6-5-30(11-28-32)38(34,35)22(24,25)26/h3-4,7-8,10-11H,2,5-6,9,12H2,1H3,(H,27,33). The topological polar surface area (TPSA) is 118 Å². The number of nitrogens with one attached hydrogen (secondary N) is 1. The van der Waals surface area contributed by atoms with E-state index in [0.29, 0.717) is 46.9 Å². The van der Waals surface area contributed by atoms with E-state index in [9.17, 15) is 30.8 Å². The summed E-state index contributed by atoms with van der Waals surface area (Å²) in [4.78, 5) is 17.5. The van der Waals surface area contributed by atoms with Gasteiger partial charge in [-0.15, -0.1) is 0 Å². The van der Waals surface area contributed by atoms with Gasteiger partial charge in [0.05, 0.1) is 30.7 Å². The van der Waals surface area contributed by atoms with Gasteiger partial charge in [0, 0.05) is 12.6 Å². The second-order valence-corrected chi connectivity index (χ2v) is 10.2. The number of sulfonamides is 1. The molecule has 0 atom stereocenters. The Hall–Kier alpha value is -4.08. The molecule has 2 aliphatic rings. The molecule has 16 heteroatoms. The molecule has 0 fully saturated rings. The lowest BCUT2D eigenvalue weighted by Gasteiger charge is -2.29. The van der Waals surface area contributed by atoms with Gasteiger partial charge >= 0.3 is 15.5 Å². The van der Waals surface area contributed by atoms with E-state index in [1.165, 1.54) is 12.1 Å². The van der Waals surface area contributed by atoms with Crippen LogP contribution in [-0.2, 0) is 23.0 Å². The molecule has 2 aliphatic heterocycles. The molecule has 0 bridgehead atoms. The number of nitrogens with zero attached hydrogens (tertiary/aromatic N) is 5. The van der Waals surface area contributed by atoms with Crippen molar-refractivity contribution in [1.29, 1.82) is 0 Å². The first-order chi connectivity index (χ1) is 18.0. The van der Waals surface area contributed by atoms with Crippen LogP contribution in [0.4, 0.5) is 23.2 Å². The average molecular weight is 556 g/mol. The van der Waals surface area contributed by atoms with Gasteiger partial charge in [-0.05, 0) is 24.1 Å². The fraction of sp³-hybridized carbons (Fsp3) is 0.318. The van der Waals surface area contributed by atoms with Gasteiger partial charge in [0.1, 0.15) is 23.5 Å². The number of aromatic nitrogens is 2. The Kier molecular flexibility index (Phi) is 6.28. The van der Waals surface area contributed by atoms with E-state index in [2.05, 4.69) is 15.4 Å². The van der Waals surface area contributed by atoms with Crippen molar-refractivity contribution in [2.45, 2.75) is 25.4 Å². The van der Waals surface area contributed by atoms with Crippen LogP contribution in [0.1, 0.15) is 28.7 Å². The summed E-state index contributed by atoms with van der Waals surface area (Å²) in [5.74, 6) is -0.189. The fourth-order valence-electron chi connectivity index (χ4n) is 4.03. The number of imidazole rings is 1. The molecule has 1 aromatic carbocycles. The third kappa shape index (κ3) is 4.44. The first-order valence-corrected chi connectivity index (χ1v) is 12.7. The number of anilines is 1. The zero-order valence-corrected chi connectivity index (χ0v) is 20.5. The fourth-order valence-corrected chi connectivity index (χ4v) is 4.78. The van der Waals surface area contributed by atoms with E-state index in [1.807, 2.05) is 6.92 Å². The van der Waals surface area contributed by atoms with Gasteiger partial charge in [0.2, 0.25) is 6.79 Å². The van der Waals surface area contributed by atoms with E-state index < -0.39 is 33.8 Å². The minimum Gasteiger partial charge on any atom is -0.453 e. The summed E-state index contributed by atoms with van der Waals surface area (Å²) in [5.41, 5.74) is -3.76. The van der Waals surface area contributed by atoms with E-state index >= 15 is 0 Å². The predicted octanol–water partition coefficient (Wildman–Crippen LogP) is 2.61. The summed E-state index contributed by atoms with van der Waals surface area (Å²) in [6.07, 6.45) is 2.60. The molecule has 0 saturated heterocycles. The molecule has 0 unspecified atom stereocenters. The lowest BCUT2D eigenvalue weighted by Crippen LogP contribution is -2.46. The van der Waals surface area contributed by atoms with Crippen LogP contribution in [0.3, 0.4) is 0 Å². The third-order valence-electron chi connectivity index (χ3n) is 5.94. The van der Waals surface area contributed by atoms with Crippen LogP contribution in [0.15, 0.2) is 35.6 Å². The number of pyridine rings is 1. The zero-order chi connectivity index (χ0) is 27.2. The van der Waals surface area contributed by atoms with Crippen molar-refractivity contribution in [3.8, 4) is 11.5 Å². The largest absolute Gasteiger partial charge is 0.516 e. The number of hydrogen-bond donors (Lipinski definition) is 1. The molecule has 11 nitrogen and oxygen atoms in total. The Morgan fingerprint density at radius 1 is 1.16 bits per heavy atom. The second kappa shape index (κ2) is 9.34. The molecule has 0 spiro atoms. The van der Waals surface area contributed by atoms with E-state index in [-0.39, 0.29) is 29.9 Å². The van der Waals surface area contributed by atoms with Gasteiger partial charge in [-0.25, -0.2) is 13.7 Å². The normalized spacial score (nSPS) is 15.4. The Labute approximate surface area is 213 Å². The van der Waals surface area contributed by atoms with Gasteiger partial charge in [-0.3, -0.25) is 14.2 Å². The van der Waals surface area contributed by atoms with Crippen LogP contribution in [0.25, 0.3) is 5.65 Å². The Morgan fingerprint density at radius 2 is 1.92 bits per heavy atom. The number of hydrogen-bond acceptors (Lipinski definition) is 8. The highest BCUT2D eigenvalue weighted by molar-refractivity contribution is 7.90. The highest BCUT2D eigenvalue weighted by atomic mass is 32.2. The molecule has 0 radical (unpaired) electrons. The first-order valence-electron chi connectivity index (χ1n) is 11.3. The molecule has 4 heterocycles. The number of aryl methyl sites for hydroxylation is 1. The summed E-state index contributed by atoms with van der Waals surface area (Å²) in [7, 11) is -5.57. The number of carbonyl (C=O) groups is 1. The van der Waals surface area contributed by atoms with Crippen molar-refractivity contribution in [2.24, 2.45) is 5.10 Å². The van der Waals surface area contributed by atoms with Crippen molar-refractivity contribution < 1.29 is 40.2 Å². The summed E-state index contributed by atoms with van der Waals surface area (Å²) in [5, 5.41) is 7.44. The number of halogens is 4. The second-order valence-electron chi connectivity index (χ2n) is 8.28. The Morgan fingerprint density at radius 3 is 2.58 bits per heavy atom. The molecule has 0 aliphatic carbocycles. The molecule has 202 valence electrons. The van der Waals surface area contributed by atoms with Crippen LogP contribution in [0, 0.1) is 5.82 Å². The SMILES string of the molecule is CCc1nc2cc3c(cn2c1C(=O)NCc1ccc(N2CCN(S(=O)(=O)C(F)(F)F)C=N2)c(F)c1)OCO3. The van der Waals surface area contributed by atoms with Crippen molar-refractivity contribution in [2.75, 3.05) is 24.9 Å². The highest BCUT2D eigenvalue weighted by Crippen LogP contribution is 2.34. The maximum Gasteiger partial charge on any atom is 0.516 e. The van der Waals surface area contributed by atoms with Gasteiger partial charge in [-0.1, -0.05) is 13.0 Å². The van der Waals surface area contributed by atoms with Crippen LogP contribution in [0.2, 0.25) is 0 Å². The highest BCUT2D eigenvalue weighted by Gasteiger charge is 2.50. The number of alkyl halides is 3. The molecule has 1 amide bonds. The number of ether oxygens (including phenoxy) is 2. The molecule has 0 saturated carbocycles. The van der Waals surface area contributed by atoms with Gasteiger partial charge in [0.15, 0.2) is 11.5 Å². The number of hydrazone groups is 1. The number of fused-ring (bicyclic) bond motifs is 2. The molecule has 5 rings (SSSR count). The Balaban J connectivity index is 1.29. The van der Waals surface area contributed by atoms with Gasteiger partial charge in [0.25, 0.3) is 5.91 Å². The van der Waals surface area contributed by atoms with E-state index in [4.69, 9.17) is 9.47 Å². The minimum absolute atomic E-state index is 0.0299. The van der Waals surface area contributed by atoms with Crippen LogP contribution in [-0.4, -0.2) is 59.7 Å². The van der Waals surface area contributed by atoms with Gasteiger partial charge < -0.3 is 14.8 Å². The molecular formula is C22H20F4N6O5S. The van der Waals surface area contributed by atoms with Crippen LogP contribution < -0.4 is 19.8 Å². The number of carbonyl (C=O) groups excluding carboxylic acids is 1. The molecule has 2 aromatic heterocycles. The maximum absolute atomic E-state index is 14.8. The van der Waals surface area contributed by atoms with Crippen molar-refractivity contribution in [3.63, 3.8) is 0 Å². The third-order valence-corrected chi connectivity index (χ3v) is 7.41. The van der Waals surface area contributed by atoms with E-state index in [0.717, 1.165) is 11.1 Å². The van der Waals surface area contributed by atoms with Crippen molar-refractivity contribution >= 4 is 33.6 Å². The smallest absolute Gasteiger partial charge is 0.453 e. The number of rotatable bonds is 6. The lowest BCUT2D eigenvalue weighted by atomic mass is 10.1. The maximum atomic E-state index is 14.8. The Bertz CT molecular complexity index is 1560. The molecule has 1 N–H and O–H groups in total. The van der Waals surface area contributed by atoms with Crippen LogP contribution in [0.5, 0.6) is 11.5 Å². The lowest BCUT2D eigenvalue weighted by molar-refractivity contribution is -0.0471. The summed E-state index contributed by atoms with van der Waals surface area (Å²) >= 11 is 0. The molecular weight excluding hydrogens is 536 g/mol. The van der Waals surface area contributed by atoms with Crippen molar-refractivity contribution in [1.82, 2.24) is 19.0 Å². The predicted molar refractivity (Wildman–Crippen MR) is 126 cm³/mol. The average Bonchev–Trinajstić information content (AvgIpc) is 3.48. The summed E-state index contributed by atoms with van der Waals surface area (Å²) in [6, 6.07) is 5.68. The molecule has 38 heavy (non-hydrogen) atoms. The van der Waals surface area contributed by atoms with E-state index in [1.54, 1.807) is 16.7 Å². The zero-order valence-electron chi connectivity index (χ0n) is 19.7. The van der Waals surface area contributed by atoms with Gasteiger partial charge in [-0.2, -0.15) is 26.7 Å². The monoisotopic (exact) mass is 556 g/mol. The number of benzene rings is 1. The minimum atomic E-state index is -5.57. The summed E-state index contributed by atoms with van der Waals surface area (Å²) < 4.78 is 88.4.